The Morgan fingerprint density at radius 1 is 0.969 bits per heavy atom. The summed E-state index contributed by atoms with van der Waals surface area (Å²) < 4.78 is 28.4. The Bertz CT molecular complexity index is 1180. The summed E-state index contributed by atoms with van der Waals surface area (Å²) in [4.78, 5) is 12.9. The first-order valence-electron chi connectivity index (χ1n) is 10.4. The number of rotatable bonds is 8. The quantitative estimate of drug-likeness (QED) is 0.426. The molecule has 0 aromatic heterocycles. The molecule has 0 aliphatic heterocycles. The molecule has 5 nitrogen and oxygen atoms in total. The molecular weight excluding hydrogens is 444 g/mol. The number of hydrogen-bond acceptors (Lipinski definition) is 3. The highest BCUT2D eigenvalue weighted by Gasteiger charge is 2.22. The molecule has 0 radical (unpaired) electrons. The second-order valence-electron chi connectivity index (χ2n) is 8.18. The van der Waals surface area contributed by atoms with Gasteiger partial charge in [-0.2, -0.15) is 0 Å². The van der Waals surface area contributed by atoms with Crippen molar-refractivity contribution in [3.63, 3.8) is 0 Å². The van der Waals surface area contributed by atoms with Gasteiger partial charge in [-0.3, -0.25) is 9.52 Å². The molecule has 7 heteroatoms. The van der Waals surface area contributed by atoms with Crippen LogP contribution in [0.1, 0.15) is 47.8 Å². The van der Waals surface area contributed by atoms with E-state index >= 15 is 0 Å². The largest absolute Gasteiger partial charge is 0.345 e. The number of carbonyl (C=O) groups is 1. The van der Waals surface area contributed by atoms with Crippen molar-refractivity contribution in [2.24, 2.45) is 5.92 Å². The Labute approximate surface area is 194 Å². The molecule has 0 fully saturated rings. The van der Waals surface area contributed by atoms with Gasteiger partial charge in [-0.25, -0.2) is 8.42 Å². The van der Waals surface area contributed by atoms with Crippen molar-refractivity contribution in [3.8, 4) is 0 Å². The second-order valence-corrected chi connectivity index (χ2v) is 10.2. The number of amides is 1. The van der Waals surface area contributed by atoms with Crippen LogP contribution >= 0.6 is 11.6 Å². The van der Waals surface area contributed by atoms with Crippen LogP contribution < -0.4 is 10.0 Å². The fourth-order valence-corrected chi connectivity index (χ4v) is 4.94. The van der Waals surface area contributed by atoms with E-state index in [1.807, 2.05) is 49.4 Å². The third kappa shape index (κ3) is 6.11. The summed E-state index contributed by atoms with van der Waals surface area (Å²) in [5.74, 6) is 0.00308. The monoisotopic (exact) mass is 470 g/mol. The molecule has 0 bridgehead atoms. The molecule has 3 aromatic carbocycles. The molecule has 0 heterocycles. The van der Waals surface area contributed by atoms with Crippen molar-refractivity contribution in [2.75, 3.05) is 4.72 Å². The van der Waals surface area contributed by atoms with E-state index in [1.165, 1.54) is 18.2 Å². The van der Waals surface area contributed by atoms with E-state index in [1.54, 1.807) is 12.1 Å². The maximum Gasteiger partial charge on any atom is 0.263 e. The molecule has 0 spiro atoms. The number of aryl methyl sites for hydroxylation is 1. The smallest absolute Gasteiger partial charge is 0.263 e. The molecule has 3 aromatic rings. The SMILES string of the molecule is Cc1ccc(NS(=O)(=O)c2cc(C(=O)N[C@@H](CC(C)C)c3ccccc3)ccc2Cl)cc1. The Kier molecular flexibility index (Phi) is 7.59. The number of carbonyl (C=O) groups excluding carboxylic acids is 1. The van der Waals surface area contributed by atoms with Crippen LogP contribution in [0.3, 0.4) is 0 Å². The minimum atomic E-state index is -3.97. The van der Waals surface area contributed by atoms with Crippen molar-refractivity contribution in [1.29, 1.82) is 0 Å². The topological polar surface area (TPSA) is 75.3 Å². The number of anilines is 1. The van der Waals surface area contributed by atoms with E-state index in [0.29, 0.717) is 11.6 Å². The van der Waals surface area contributed by atoms with E-state index in [-0.39, 0.29) is 27.4 Å². The maximum absolute atomic E-state index is 13.0. The molecule has 2 N–H and O–H groups in total. The molecule has 0 aliphatic rings. The van der Waals surface area contributed by atoms with Gasteiger partial charge in [-0.05, 0) is 55.2 Å². The number of benzene rings is 3. The van der Waals surface area contributed by atoms with E-state index in [2.05, 4.69) is 23.9 Å². The molecule has 32 heavy (non-hydrogen) atoms. The van der Waals surface area contributed by atoms with Crippen LogP contribution in [0.25, 0.3) is 0 Å². The van der Waals surface area contributed by atoms with Gasteiger partial charge < -0.3 is 5.32 Å². The lowest BCUT2D eigenvalue weighted by Crippen LogP contribution is -2.29. The highest BCUT2D eigenvalue weighted by atomic mass is 35.5. The van der Waals surface area contributed by atoms with Crippen molar-refractivity contribution in [1.82, 2.24) is 5.32 Å². The van der Waals surface area contributed by atoms with Gasteiger partial charge in [-0.15, -0.1) is 0 Å². The fourth-order valence-electron chi connectivity index (χ4n) is 3.36. The summed E-state index contributed by atoms with van der Waals surface area (Å²) in [5.41, 5.74) is 2.65. The zero-order valence-electron chi connectivity index (χ0n) is 18.3. The highest BCUT2D eigenvalue weighted by Crippen LogP contribution is 2.27. The normalized spacial score (nSPS) is 12.4. The summed E-state index contributed by atoms with van der Waals surface area (Å²) in [5, 5.41) is 3.08. The van der Waals surface area contributed by atoms with Crippen LogP contribution in [0.2, 0.25) is 5.02 Å². The first-order valence-corrected chi connectivity index (χ1v) is 12.3. The van der Waals surface area contributed by atoms with E-state index in [9.17, 15) is 13.2 Å². The average Bonchev–Trinajstić information content (AvgIpc) is 2.75. The summed E-state index contributed by atoms with van der Waals surface area (Å²) in [6.45, 7) is 6.09. The first kappa shape index (κ1) is 23.8. The van der Waals surface area contributed by atoms with Crippen LogP contribution in [0.4, 0.5) is 5.69 Å². The van der Waals surface area contributed by atoms with Crippen LogP contribution in [0.15, 0.2) is 77.7 Å². The van der Waals surface area contributed by atoms with Crippen LogP contribution in [-0.4, -0.2) is 14.3 Å². The number of sulfonamides is 1. The summed E-state index contributed by atoms with van der Waals surface area (Å²) in [6.07, 6.45) is 0.753. The number of hydrogen-bond donors (Lipinski definition) is 2. The maximum atomic E-state index is 13.0. The fraction of sp³-hybridized carbons (Fsp3) is 0.240. The van der Waals surface area contributed by atoms with Gasteiger partial charge in [0.1, 0.15) is 4.90 Å². The standard InChI is InChI=1S/C25H27ClN2O3S/c1-17(2)15-23(19-7-5-4-6-8-19)27-25(29)20-11-14-22(26)24(16-20)32(30,31)28-21-12-9-18(3)10-13-21/h4-14,16-17,23,28H,15H2,1-3H3,(H,27,29)/t23-/m0/s1. The molecule has 1 atom stereocenters. The zero-order valence-corrected chi connectivity index (χ0v) is 19.9. The van der Waals surface area contributed by atoms with Crippen LogP contribution in [0, 0.1) is 12.8 Å². The van der Waals surface area contributed by atoms with Crippen molar-refractivity contribution < 1.29 is 13.2 Å². The van der Waals surface area contributed by atoms with Gasteiger partial charge in [0.25, 0.3) is 15.9 Å². The summed E-state index contributed by atoms with van der Waals surface area (Å²) in [6, 6.07) is 20.8. The lowest BCUT2D eigenvalue weighted by molar-refractivity contribution is 0.0931. The summed E-state index contributed by atoms with van der Waals surface area (Å²) in [7, 11) is -3.97. The number of halogens is 1. The lowest BCUT2D eigenvalue weighted by Gasteiger charge is -2.21. The number of nitrogens with one attached hydrogen (secondary N) is 2. The van der Waals surface area contributed by atoms with Crippen molar-refractivity contribution in [3.05, 3.63) is 94.5 Å². The van der Waals surface area contributed by atoms with Gasteiger partial charge in [-0.1, -0.05) is 73.5 Å². The summed E-state index contributed by atoms with van der Waals surface area (Å²) >= 11 is 6.20. The molecule has 0 aliphatic carbocycles. The molecule has 0 saturated carbocycles. The van der Waals surface area contributed by atoms with E-state index in [0.717, 1.165) is 17.5 Å². The Hall–Kier alpha value is -2.83. The minimum Gasteiger partial charge on any atom is -0.345 e. The molecule has 168 valence electrons. The van der Waals surface area contributed by atoms with Gasteiger partial charge in [0.2, 0.25) is 0 Å². The van der Waals surface area contributed by atoms with Crippen molar-refractivity contribution in [2.45, 2.75) is 38.1 Å². The van der Waals surface area contributed by atoms with Gasteiger partial charge in [0, 0.05) is 11.3 Å². The van der Waals surface area contributed by atoms with Crippen molar-refractivity contribution >= 4 is 33.2 Å². The minimum absolute atomic E-state index is 0.0444. The third-order valence-corrected chi connectivity index (χ3v) is 6.86. The molecule has 1 amide bonds. The Morgan fingerprint density at radius 2 is 1.62 bits per heavy atom. The van der Waals surface area contributed by atoms with Crippen LogP contribution in [0.5, 0.6) is 0 Å². The molecule has 3 rings (SSSR count). The van der Waals surface area contributed by atoms with E-state index < -0.39 is 10.0 Å². The van der Waals surface area contributed by atoms with Gasteiger partial charge in [0.15, 0.2) is 0 Å². The van der Waals surface area contributed by atoms with E-state index in [4.69, 9.17) is 11.6 Å². The third-order valence-electron chi connectivity index (χ3n) is 5.00. The Morgan fingerprint density at radius 3 is 2.25 bits per heavy atom. The molecular formula is C25H27ClN2O3S. The van der Waals surface area contributed by atoms with Crippen LogP contribution in [-0.2, 0) is 10.0 Å². The lowest BCUT2D eigenvalue weighted by atomic mass is 9.96. The zero-order chi connectivity index (χ0) is 23.3. The molecule has 0 unspecified atom stereocenters. The predicted molar refractivity (Wildman–Crippen MR) is 130 cm³/mol. The van der Waals surface area contributed by atoms with Gasteiger partial charge >= 0.3 is 0 Å². The van der Waals surface area contributed by atoms with Gasteiger partial charge in [0.05, 0.1) is 11.1 Å². The Balaban J connectivity index is 1.86. The highest BCUT2D eigenvalue weighted by molar-refractivity contribution is 7.92. The molecule has 0 saturated heterocycles. The average molecular weight is 471 g/mol. The second kappa shape index (κ2) is 10.2. The predicted octanol–water partition coefficient (Wildman–Crippen LogP) is 5.97. The first-order chi connectivity index (χ1) is 15.2.